The van der Waals surface area contributed by atoms with Gasteiger partial charge < -0.3 is 16.0 Å². The Bertz CT molecular complexity index is 1030. The fraction of sp³-hybridized carbons (Fsp3) is 0.375. The Morgan fingerprint density at radius 1 is 1.35 bits per heavy atom. The van der Waals surface area contributed by atoms with Crippen molar-refractivity contribution in [1.29, 1.82) is 0 Å². The Morgan fingerprint density at radius 2 is 2.13 bits per heavy atom. The predicted octanol–water partition coefficient (Wildman–Crippen LogP) is 2.75. The van der Waals surface area contributed by atoms with Crippen LogP contribution in [-0.4, -0.2) is 40.0 Å². The number of carbonyl (C=O) groups is 1. The summed E-state index contributed by atoms with van der Waals surface area (Å²) in [5.41, 5.74) is 9.52. The van der Waals surface area contributed by atoms with Crippen LogP contribution in [0.5, 0.6) is 0 Å². The number of hydrogen-bond acceptors (Lipinski definition) is 6. The monoisotopic (exact) mass is 417 g/mol. The summed E-state index contributed by atoms with van der Waals surface area (Å²) in [6, 6.07) is 3.84. The van der Waals surface area contributed by atoms with E-state index in [9.17, 15) is 4.79 Å². The van der Waals surface area contributed by atoms with Crippen molar-refractivity contribution in [3.05, 3.63) is 54.3 Å². The van der Waals surface area contributed by atoms with Crippen molar-refractivity contribution in [2.75, 3.05) is 23.7 Å². The van der Waals surface area contributed by atoms with Crippen molar-refractivity contribution in [2.45, 2.75) is 39.7 Å². The minimum atomic E-state index is -0.0963. The smallest absolute Gasteiger partial charge is 0.225 e. The summed E-state index contributed by atoms with van der Waals surface area (Å²) in [6.45, 7) is 14.8. The van der Waals surface area contributed by atoms with Crippen LogP contribution >= 0.6 is 0 Å². The Balaban J connectivity index is 1.90. The first kappa shape index (κ1) is 22.2. The molecule has 1 atom stereocenters. The third kappa shape index (κ3) is 5.54. The molecule has 0 aromatic carbocycles. The van der Waals surface area contributed by atoms with E-state index in [0.29, 0.717) is 29.2 Å². The lowest BCUT2D eigenvalue weighted by Gasteiger charge is -2.34. The Labute approximate surface area is 184 Å². The van der Waals surface area contributed by atoms with E-state index in [0.717, 1.165) is 30.6 Å². The lowest BCUT2D eigenvalue weighted by Crippen LogP contribution is -2.45. The Kier molecular flexibility index (Phi) is 6.81. The summed E-state index contributed by atoms with van der Waals surface area (Å²) in [4.78, 5) is 27.7. The van der Waals surface area contributed by atoms with Gasteiger partial charge in [0.1, 0.15) is 11.4 Å². The van der Waals surface area contributed by atoms with Gasteiger partial charge in [0.25, 0.3) is 0 Å². The fourth-order valence-electron chi connectivity index (χ4n) is 3.55. The van der Waals surface area contributed by atoms with Gasteiger partial charge in [-0.25, -0.2) is 4.98 Å². The minimum Gasteiger partial charge on any atom is -0.368 e. The lowest BCUT2D eigenvalue weighted by atomic mass is 9.96. The maximum atomic E-state index is 12.5. The number of amides is 1. The molecule has 1 aliphatic heterocycles. The molecule has 7 heteroatoms. The van der Waals surface area contributed by atoms with Gasteiger partial charge >= 0.3 is 0 Å². The second-order valence-corrected chi connectivity index (χ2v) is 8.10. The van der Waals surface area contributed by atoms with E-state index in [4.69, 9.17) is 5.73 Å². The number of allylic oxidation sites excluding steroid dienone is 1. The highest BCUT2D eigenvalue weighted by atomic mass is 16.2. The summed E-state index contributed by atoms with van der Waals surface area (Å²) >= 11 is 0. The molecule has 1 amide bonds. The van der Waals surface area contributed by atoms with Gasteiger partial charge in [-0.05, 0) is 39.7 Å². The molecule has 1 saturated heterocycles. The number of hydrogen-bond donors (Lipinski definition) is 2. The molecule has 160 valence electrons. The molecule has 0 aliphatic carbocycles. The van der Waals surface area contributed by atoms with Crippen molar-refractivity contribution in [3.63, 3.8) is 0 Å². The van der Waals surface area contributed by atoms with Crippen LogP contribution in [0.15, 0.2) is 24.9 Å². The van der Waals surface area contributed by atoms with Crippen LogP contribution in [0.2, 0.25) is 0 Å². The molecule has 1 aliphatic rings. The molecule has 0 saturated carbocycles. The standard InChI is InChI=1S/C24H28N6O/c1-15(2)21-11-9-18(13-26-21)8-10-20-17(5)28-24(25)29-22(20)30-12-6-7-19(14-30)23(31)27-16(3)4/h9,11,13,16,19H,1-2,6-7,12,14H2,3-5H3,(H2-,25,27,28,29,31)/p+1. The summed E-state index contributed by atoms with van der Waals surface area (Å²) in [5, 5.41) is 3.01. The van der Waals surface area contributed by atoms with E-state index < -0.39 is 0 Å². The molecule has 2 aromatic heterocycles. The second-order valence-electron chi connectivity index (χ2n) is 8.10. The summed E-state index contributed by atoms with van der Waals surface area (Å²) < 4.78 is 0. The first-order valence-electron chi connectivity index (χ1n) is 10.4. The quantitative estimate of drug-likeness (QED) is 0.586. The third-order valence-corrected chi connectivity index (χ3v) is 5.07. The molecule has 31 heavy (non-hydrogen) atoms. The first-order chi connectivity index (χ1) is 14.7. The number of pyridine rings is 1. The van der Waals surface area contributed by atoms with Crippen LogP contribution in [0.25, 0.3) is 5.57 Å². The van der Waals surface area contributed by atoms with Crippen molar-refractivity contribution in [2.24, 2.45) is 5.92 Å². The molecule has 0 spiro atoms. The number of carbonyl (C=O) groups excluding carboxylic acids is 1. The van der Waals surface area contributed by atoms with E-state index >= 15 is 0 Å². The number of nitrogen functional groups attached to an aromatic ring is 1. The van der Waals surface area contributed by atoms with Crippen molar-refractivity contribution in [3.8, 4) is 11.8 Å². The number of anilines is 2. The van der Waals surface area contributed by atoms with Gasteiger partial charge in [0.2, 0.25) is 11.9 Å². The minimum absolute atomic E-state index is 0.0734. The van der Waals surface area contributed by atoms with Gasteiger partial charge in [0.15, 0.2) is 5.69 Å². The van der Waals surface area contributed by atoms with E-state index in [1.165, 1.54) is 0 Å². The number of nitrogens with zero attached hydrogens (tertiary/aromatic N) is 4. The summed E-state index contributed by atoms with van der Waals surface area (Å²) in [6.07, 6.45) is 3.44. The van der Waals surface area contributed by atoms with Crippen LogP contribution in [0.4, 0.5) is 11.8 Å². The van der Waals surface area contributed by atoms with E-state index in [2.05, 4.69) is 50.5 Å². The molecule has 1 unspecified atom stereocenters. The van der Waals surface area contributed by atoms with Crippen LogP contribution < -0.4 is 16.0 Å². The molecule has 3 rings (SSSR count). The number of rotatable bonds is 4. The summed E-state index contributed by atoms with van der Waals surface area (Å²) in [7, 11) is 0. The van der Waals surface area contributed by atoms with Gasteiger partial charge in [0.05, 0.1) is 23.4 Å². The highest BCUT2D eigenvalue weighted by molar-refractivity contribution is 5.80. The number of aromatic nitrogens is 3. The van der Waals surface area contributed by atoms with Crippen LogP contribution in [0, 0.1) is 31.6 Å². The third-order valence-electron chi connectivity index (χ3n) is 5.07. The molecule has 0 radical (unpaired) electrons. The van der Waals surface area contributed by atoms with Crippen LogP contribution in [-0.2, 0) is 4.79 Å². The molecule has 2 aromatic rings. The van der Waals surface area contributed by atoms with Crippen molar-refractivity contribution in [1.82, 2.24) is 20.3 Å². The Morgan fingerprint density at radius 3 is 2.77 bits per heavy atom. The molecule has 3 heterocycles. The number of piperidine rings is 1. The Hall–Kier alpha value is -3.53. The topological polar surface area (TPSA) is 97.0 Å². The normalized spacial score (nSPS) is 15.9. The van der Waals surface area contributed by atoms with Gasteiger partial charge in [-0.3, -0.25) is 4.79 Å². The SMILES string of the molecule is C=C([CH2+])c1ccc(C#Cc2c(C)nc(N)nc2N2CCCC(C(=O)NC(C)C)C2)cn1. The average molecular weight is 418 g/mol. The van der Waals surface area contributed by atoms with Gasteiger partial charge in [-0.2, -0.15) is 9.97 Å². The molecule has 7 nitrogen and oxygen atoms in total. The number of nitrogens with two attached hydrogens (primary N) is 1. The average Bonchev–Trinajstić information content (AvgIpc) is 2.72. The van der Waals surface area contributed by atoms with Gasteiger partial charge in [-0.1, -0.05) is 11.8 Å². The van der Waals surface area contributed by atoms with Crippen molar-refractivity contribution >= 4 is 23.2 Å². The zero-order valence-electron chi connectivity index (χ0n) is 18.4. The van der Waals surface area contributed by atoms with Crippen molar-refractivity contribution < 1.29 is 4.79 Å². The zero-order valence-corrected chi connectivity index (χ0v) is 18.4. The largest absolute Gasteiger partial charge is 0.368 e. The van der Waals surface area contributed by atoms with Gasteiger partial charge in [0, 0.05) is 44.3 Å². The second kappa shape index (κ2) is 9.52. The zero-order chi connectivity index (χ0) is 22.5. The predicted molar refractivity (Wildman–Crippen MR) is 124 cm³/mol. The molecular formula is C24H29N6O+. The maximum absolute atomic E-state index is 12.5. The summed E-state index contributed by atoms with van der Waals surface area (Å²) in [5.74, 6) is 7.19. The van der Waals surface area contributed by atoms with E-state index in [1.807, 2.05) is 32.9 Å². The fourth-order valence-corrected chi connectivity index (χ4v) is 3.55. The lowest BCUT2D eigenvalue weighted by molar-refractivity contribution is -0.125. The highest BCUT2D eigenvalue weighted by Crippen LogP contribution is 2.26. The molecule has 3 N–H and O–H groups in total. The molecular weight excluding hydrogens is 388 g/mol. The molecule has 0 bridgehead atoms. The first-order valence-corrected chi connectivity index (χ1v) is 10.4. The molecule has 1 fully saturated rings. The van der Waals surface area contributed by atoms with E-state index in [1.54, 1.807) is 6.20 Å². The van der Waals surface area contributed by atoms with Crippen LogP contribution in [0.3, 0.4) is 0 Å². The highest BCUT2D eigenvalue weighted by Gasteiger charge is 2.28. The number of nitrogens with one attached hydrogen (secondary N) is 1. The number of aryl methyl sites for hydroxylation is 1. The van der Waals surface area contributed by atoms with E-state index in [-0.39, 0.29) is 23.8 Å². The van der Waals surface area contributed by atoms with Crippen LogP contribution in [0.1, 0.15) is 49.2 Å². The van der Waals surface area contributed by atoms with Gasteiger partial charge in [-0.15, -0.1) is 0 Å². The maximum Gasteiger partial charge on any atom is 0.225 e.